The van der Waals surface area contributed by atoms with Crippen molar-refractivity contribution in [3.8, 4) is 0 Å². The summed E-state index contributed by atoms with van der Waals surface area (Å²) in [4.78, 5) is 23.3. The number of anilines is 2. The Labute approximate surface area is 128 Å². The largest absolute Gasteiger partial charge is 0.326 e. The van der Waals surface area contributed by atoms with Gasteiger partial charge in [-0.3, -0.25) is 9.59 Å². The van der Waals surface area contributed by atoms with Gasteiger partial charge in [0.2, 0.25) is 11.8 Å². The lowest BCUT2D eigenvalue weighted by molar-refractivity contribution is -0.116. The third kappa shape index (κ3) is 3.41. The Morgan fingerprint density at radius 3 is 2.73 bits per heavy atom. The molecule has 0 bridgehead atoms. The molecule has 2 aromatic carbocycles. The van der Waals surface area contributed by atoms with Crippen LogP contribution in [-0.4, -0.2) is 11.8 Å². The van der Waals surface area contributed by atoms with Gasteiger partial charge in [-0.1, -0.05) is 30.3 Å². The second-order valence-electron chi connectivity index (χ2n) is 5.15. The van der Waals surface area contributed by atoms with Gasteiger partial charge >= 0.3 is 0 Å². The van der Waals surface area contributed by atoms with Gasteiger partial charge in [0.25, 0.3) is 0 Å². The first kappa shape index (κ1) is 14.1. The van der Waals surface area contributed by atoms with Crippen LogP contribution in [0.1, 0.15) is 17.5 Å². The molecule has 4 heteroatoms. The molecule has 0 fully saturated rings. The zero-order valence-electron chi connectivity index (χ0n) is 12.0. The van der Waals surface area contributed by atoms with E-state index < -0.39 is 0 Å². The highest BCUT2D eigenvalue weighted by atomic mass is 16.2. The van der Waals surface area contributed by atoms with Crippen molar-refractivity contribution in [3.05, 3.63) is 65.7 Å². The smallest absolute Gasteiger partial charge is 0.248 e. The fraction of sp³-hybridized carbons (Fsp3) is 0.111. The quantitative estimate of drug-likeness (QED) is 0.853. The Morgan fingerprint density at radius 1 is 1.09 bits per heavy atom. The first-order valence-electron chi connectivity index (χ1n) is 7.17. The summed E-state index contributed by atoms with van der Waals surface area (Å²) in [5.41, 5.74) is 3.59. The van der Waals surface area contributed by atoms with Crippen molar-refractivity contribution >= 4 is 29.3 Å². The predicted octanol–water partition coefficient (Wildman–Crippen LogP) is 3.22. The Morgan fingerprint density at radius 2 is 1.91 bits per heavy atom. The topological polar surface area (TPSA) is 58.2 Å². The molecule has 0 unspecified atom stereocenters. The molecule has 110 valence electrons. The van der Waals surface area contributed by atoms with Gasteiger partial charge in [0.1, 0.15) is 0 Å². The summed E-state index contributed by atoms with van der Waals surface area (Å²) in [6.45, 7) is 0. The van der Waals surface area contributed by atoms with Gasteiger partial charge in [0.15, 0.2) is 0 Å². The van der Waals surface area contributed by atoms with Crippen LogP contribution in [0.3, 0.4) is 0 Å². The Bertz CT molecular complexity index is 736. The fourth-order valence-corrected chi connectivity index (χ4v) is 2.38. The first-order valence-corrected chi connectivity index (χ1v) is 7.17. The molecule has 0 aliphatic carbocycles. The molecule has 0 radical (unpaired) electrons. The maximum absolute atomic E-state index is 11.9. The summed E-state index contributed by atoms with van der Waals surface area (Å²) in [7, 11) is 0. The van der Waals surface area contributed by atoms with Crippen molar-refractivity contribution in [1.82, 2.24) is 0 Å². The normalized spacial score (nSPS) is 13.5. The monoisotopic (exact) mass is 292 g/mol. The van der Waals surface area contributed by atoms with Gasteiger partial charge in [0, 0.05) is 23.9 Å². The number of carbonyl (C=O) groups excluding carboxylic acids is 2. The lowest BCUT2D eigenvalue weighted by Gasteiger charge is -2.17. The molecule has 0 saturated carbocycles. The van der Waals surface area contributed by atoms with Crippen LogP contribution in [0.4, 0.5) is 11.4 Å². The highest BCUT2D eigenvalue weighted by Crippen LogP contribution is 2.25. The van der Waals surface area contributed by atoms with E-state index in [0.29, 0.717) is 12.8 Å². The standard InChI is InChI=1S/C18H16N2O2/c21-17(10-6-13-4-2-1-3-5-13)19-15-8-9-16-14(12-15)7-11-18(22)20-16/h1-6,8-10,12H,7,11H2,(H,19,21)(H,20,22)/b10-6+. The van der Waals surface area contributed by atoms with Crippen LogP contribution in [0.15, 0.2) is 54.6 Å². The van der Waals surface area contributed by atoms with E-state index in [2.05, 4.69) is 10.6 Å². The number of hydrogen-bond donors (Lipinski definition) is 2. The van der Waals surface area contributed by atoms with E-state index in [9.17, 15) is 9.59 Å². The molecule has 0 spiro atoms. The second kappa shape index (κ2) is 6.26. The lowest BCUT2D eigenvalue weighted by Crippen LogP contribution is -2.19. The van der Waals surface area contributed by atoms with Gasteiger partial charge in [-0.25, -0.2) is 0 Å². The number of aryl methyl sites for hydroxylation is 1. The van der Waals surface area contributed by atoms with Crippen molar-refractivity contribution in [2.75, 3.05) is 10.6 Å². The average Bonchev–Trinajstić information content (AvgIpc) is 2.54. The van der Waals surface area contributed by atoms with E-state index in [-0.39, 0.29) is 11.8 Å². The predicted molar refractivity (Wildman–Crippen MR) is 87.5 cm³/mol. The van der Waals surface area contributed by atoms with Gasteiger partial charge in [-0.05, 0) is 41.8 Å². The minimum absolute atomic E-state index is 0.0371. The molecule has 3 rings (SSSR count). The Hall–Kier alpha value is -2.88. The third-order valence-corrected chi connectivity index (χ3v) is 3.49. The number of nitrogens with one attached hydrogen (secondary N) is 2. The van der Waals surface area contributed by atoms with Crippen LogP contribution in [0.25, 0.3) is 6.08 Å². The van der Waals surface area contributed by atoms with Gasteiger partial charge in [0.05, 0.1) is 0 Å². The van der Waals surface area contributed by atoms with Crippen LogP contribution in [0.2, 0.25) is 0 Å². The van der Waals surface area contributed by atoms with E-state index in [1.54, 1.807) is 12.1 Å². The van der Waals surface area contributed by atoms with E-state index in [1.807, 2.05) is 42.5 Å². The van der Waals surface area contributed by atoms with Crippen molar-refractivity contribution in [3.63, 3.8) is 0 Å². The first-order chi connectivity index (χ1) is 10.7. The molecule has 1 heterocycles. The van der Waals surface area contributed by atoms with E-state index >= 15 is 0 Å². The van der Waals surface area contributed by atoms with Crippen LogP contribution in [0, 0.1) is 0 Å². The van der Waals surface area contributed by atoms with Gasteiger partial charge in [-0.2, -0.15) is 0 Å². The summed E-state index contributed by atoms with van der Waals surface area (Å²) in [5, 5.41) is 5.66. The van der Waals surface area contributed by atoms with Crippen LogP contribution >= 0.6 is 0 Å². The number of carbonyl (C=O) groups is 2. The molecule has 0 saturated heterocycles. The molecule has 2 N–H and O–H groups in total. The zero-order chi connectivity index (χ0) is 15.4. The highest BCUT2D eigenvalue weighted by Gasteiger charge is 2.14. The average molecular weight is 292 g/mol. The summed E-state index contributed by atoms with van der Waals surface area (Å²) in [6.07, 6.45) is 4.47. The number of rotatable bonds is 3. The highest BCUT2D eigenvalue weighted by molar-refractivity contribution is 6.02. The molecule has 2 amide bonds. The molecule has 1 aliphatic rings. The zero-order valence-corrected chi connectivity index (χ0v) is 12.0. The number of amides is 2. The van der Waals surface area contributed by atoms with Crippen LogP contribution in [-0.2, 0) is 16.0 Å². The van der Waals surface area contributed by atoms with E-state index in [0.717, 1.165) is 22.5 Å². The third-order valence-electron chi connectivity index (χ3n) is 3.49. The number of fused-ring (bicyclic) bond motifs is 1. The summed E-state index contributed by atoms with van der Waals surface area (Å²) < 4.78 is 0. The lowest BCUT2D eigenvalue weighted by atomic mass is 10.0. The van der Waals surface area contributed by atoms with Crippen LogP contribution < -0.4 is 10.6 Å². The SMILES string of the molecule is O=C(/C=C/c1ccccc1)Nc1ccc2c(c1)CCC(=O)N2. The molecule has 4 nitrogen and oxygen atoms in total. The molecular weight excluding hydrogens is 276 g/mol. The minimum Gasteiger partial charge on any atom is -0.326 e. The number of hydrogen-bond acceptors (Lipinski definition) is 2. The molecule has 2 aromatic rings. The summed E-state index contributed by atoms with van der Waals surface area (Å²) in [5.74, 6) is -0.140. The van der Waals surface area contributed by atoms with Crippen molar-refractivity contribution in [1.29, 1.82) is 0 Å². The van der Waals surface area contributed by atoms with E-state index in [4.69, 9.17) is 0 Å². The maximum atomic E-state index is 11.9. The minimum atomic E-state index is -0.177. The van der Waals surface area contributed by atoms with Crippen molar-refractivity contribution in [2.24, 2.45) is 0 Å². The second-order valence-corrected chi connectivity index (χ2v) is 5.15. The summed E-state index contributed by atoms with van der Waals surface area (Å²) in [6, 6.07) is 15.2. The van der Waals surface area contributed by atoms with Gasteiger partial charge < -0.3 is 10.6 Å². The van der Waals surface area contributed by atoms with Gasteiger partial charge in [-0.15, -0.1) is 0 Å². The summed E-state index contributed by atoms with van der Waals surface area (Å²) >= 11 is 0. The molecule has 0 atom stereocenters. The molecule has 1 aliphatic heterocycles. The molecule has 22 heavy (non-hydrogen) atoms. The van der Waals surface area contributed by atoms with Crippen LogP contribution in [0.5, 0.6) is 0 Å². The Balaban J connectivity index is 1.67. The fourth-order valence-electron chi connectivity index (χ4n) is 2.38. The molecule has 0 aromatic heterocycles. The van der Waals surface area contributed by atoms with Crippen molar-refractivity contribution in [2.45, 2.75) is 12.8 Å². The van der Waals surface area contributed by atoms with Crippen molar-refractivity contribution < 1.29 is 9.59 Å². The van der Waals surface area contributed by atoms with E-state index in [1.165, 1.54) is 6.08 Å². The maximum Gasteiger partial charge on any atom is 0.248 e. The Kier molecular flexibility index (Phi) is 4.01. The molecular formula is C18H16N2O2. The number of benzene rings is 2.